The lowest BCUT2D eigenvalue weighted by molar-refractivity contribution is 0.321. The van der Waals surface area contributed by atoms with Crippen LogP contribution in [0.1, 0.15) is 32.6 Å². The summed E-state index contributed by atoms with van der Waals surface area (Å²) in [6.07, 6.45) is 4.86. The van der Waals surface area contributed by atoms with Crippen LogP contribution in [0.4, 0.5) is 0 Å². The largest absolute Gasteiger partial charge is 0.483 e. The topological polar surface area (TPSA) is 9.23 Å². The quantitative estimate of drug-likeness (QED) is 0.569. The molecule has 2 atom stereocenters. The molecule has 0 aromatic carbocycles. The van der Waals surface area contributed by atoms with E-state index in [9.17, 15) is 0 Å². The second-order valence-corrected chi connectivity index (χ2v) is 7.30. The van der Waals surface area contributed by atoms with Gasteiger partial charge in [0.2, 0.25) is 0 Å². The summed E-state index contributed by atoms with van der Waals surface area (Å²) in [4.78, 5) is 1.10. The zero-order valence-corrected chi connectivity index (χ0v) is 13.5. The second kappa shape index (κ2) is 8.54. The maximum absolute atomic E-state index is 5.66. The van der Waals surface area contributed by atoms with Gasteiger partial charge in [0, 0.05) is 9.65 Å². The summed E-state index contributed by atoms with van der Waals surface area (Å²) in [5.41, 5.74) is 0. The van der Waals surface area contributed by atoms with Crippen LogP contribution in [-0.2, 0) is 0 Å². The van der Waals surface area contributed by atoms with Crippen molar-refractivity contribution >= 4 is 43.2 Å². The fraction of sp³-hybridized carbons (Fsp3) is 0.667. The van der Waals surface area contributed by atoms with E-state index < -0.39 is 0 Å². The number of hydrogen-bond acceptors (Lipinski definition) is 2. The SMILES string of the molecule is CCCC(Br)CCC(Br)COc1cccs1. The van der Waals surface area contributed by atoms with Crippen molar-refractivity contribution in [2.24, 2.45) is 0 Å². The minimum atomic E-state index is 0.450. The van der Waals surface area contributed by atoms with E-state index in [-0.39, 0.29) is 0 Å². The van der Waals surface area contributed by atoms with E-state index in [1.807, 2.05) is 17.5 Å². The highest BCUT2D eigenvalue weighted by Crippen LogP contribution is 2.22. The average molecular weight is 370 g/mol. The number of thiophene rings is 1. The van der Waals surface area contributed by atoms with Crippen LogP contribution in [-0.4, -0.2) is 16.3 Å². The van der Waals surface area contributed by atoms with Crippen LogP contribution < -0.4 is 4.74 Å². The predicted octanol–water partition coefficient (Wildman–Crippen LogP) is 5.23. The second-order valence-electron chi connectivity index (χ2n) is 3.80. The summed E-state index contributed by atoms with van der Waals surface area (Å²) in [7, 11) is 0. The first-order valence-corrected chi connectivity index (χ1v) is 8.38. The molecule has 0 spiro atoms. The van der Waals surface area contributed by atoms with Crippen LogP contribution in [0.3, 0.4) is 0 Å². The summed E-state index contributed by atoms with van der Waals surface area (Å²) in [5, 5.41) is 3.04. The molecule has 1 aromatic heterocycles. The molecule has 16 heavy (non-hydrogen) atoms. The van der Waals surface area contributed by atoms with E-state index in [0.29, 0.717) is 9.65 Å². The van der Waals surface area contributed by atoms with Gasteiger partial charge in [-0.25, -0.2) is 0 Å². The van der Waals surface area contributed by atoms with Crippen molar-refractivity contribution in [3.63, 3.8) is 0 Å². The summed E-state index contributed by atoms with van der Waals surface area (Å²) < 4.78 is 5.66. The highest BCUT2D eigenvalue weighted by molar-refractivity contribution is 9.09. The fourth-order valence-electron chi connectivity index (χ4n) is 1.42. The van der Waals surface area contributed by atoms with Crippen LogP contribution in [0.25, 0.3) is 0 Å². The molecule has 0 aliphatic rings. The summed E-state index contributed by atoms with van der Waals surface area (Å²) in [6, 6.07) is 4.02. The molecule has 0 bridgehead atoms. The van der Waals surface area contributed by atoms with Crippen molar-refractivity contribution in [2.75, 3.05) is 6.61 Å². The summed E-state index contributed by atoms with van der Waals surface area (Å²) in [6.45, 7) is 2.98. The fourth-order valence-corrected chi connectivity index (χ4v) is 3.12. The Bertz CT molecular complexity index is 264. The van der Waals surface area contributed by atoms with Gasteiger partial charge in [-0.1, -0.05) is 45.2 Å². The maximum atomic E-state index is 5.66. The molecule has 0 saturated heterocycles. The number of ether oxygens (including phenoxy) is 1. The van der Waals surface area contributed by atoms with Crippen molar-refractivity contribution in [3.8, 4) is 5.06 Å². The molecule has 0 saturated carbocycles. The van der Waals surface area contributed by atoms with Gasteiger partial charge >= 0.3 is 0 Å². The lowest BCUT2D eigenvalue weighted by atomic mass is 10.1. The number of alkyl halides is 2. The first kappa shape index (κ1) is 14.5. The Morgan fingerprint density at radius 1 is 1.25 bits per heavy atom. The molecule has 0 amide bonds. The van der Waals surface area contributed by atoms with E-state index in [4.69, 9.17) is 4.74 Å². The lowest BCUT2D eigenvalue weighted by Gasteiger charge is -2.13. The predicted molar refractivity (Wildman–Crippen MR) is 79.4 cm³/mol. The van der Waals surface area contributed by atoms with Gasteiger partial charge in [0.05, 0.1) is 0 Å². The smallest absolute Gasteiger partial charge is 0.173 e. The third-order valence-electron chi connectivity index (χ3n) is 2.30. The Morgan fingerprint density at radius 3 is 2.62 bits per heavy atom. The third-order valence-corrected chi connectivity index (χ3v) is 4.71. The van der Waals surface area contributed by atoms with Gasteiger partial charge in [-0.3, -0.25) is 0 Å². The van der Waals surface area contributed by atoms with Crippen LogP contribution in [0.15, 0.2) is 17.5 Å². The van der Waals surface area contributed by atoms with Crippen LogP contribution in [0.2, 0.25) is 0 Å². The molecular weight excluding hydrogens is 352 g/mol. The monoisotopic (exact) mass is 368 g/mol. The Balaban J connectivity index is 2.09. The summed E-state index contributed by atoms with van der Waals surface area (Å²) in [5.74, 6) is 0. The molecule has 1 heterocycles. The van der Waals surface area contributed by atoms with E-state index in [1.54, 1.807) is 11.3 Å². The van der Waals surface area contributed by atoms with E-state index in [1.165, 1.54) is 19.3 Å². The molecule has 1 rings (SSSR count). The van der Waals surface area contributed by atoms with Gasteiger partial charge < -0.3 is 4.74 Å². The lowest BCUT2D eigenvalue weighted by Crippen LogP contribution is -2.12. The first-order chi connectivity index (χ1) is 7.72. The van der Waals surface area contributed by atoms with Crippen molar-refractivity contribution in [1.82, 2.24) is 0 Å². The zero-order valence-electron chi connectivity index (χ0n) is 9.49. The maximum Gasteiger partial charge on any atom is 0.173 e. The molecule has 1 aromatic rings. The minimum absolute atomic E-state index is 0.450. The zero-order chi connectivity index (χ0) is 11.8. The highest BCUT2D eigenvalue weighted by Gasteiger charge is 2.09. The number of hydrogen-bond donors (Lipinski definition) is 0. The van der Waals surface area contributed by atoms with Crippen LogP contribution in [0, 0.1) is 0 Å². The van der Waals surface area contributed by atoms with Crippen molar-refractivity contribution in [1.29, 1.82) is 0 Å². The van der Waals surface area contributed by atoms with Crippen molar-refractivity contribution in [3.05, 3.63) is 17.5 Å². The molecule has 92 valence electrons. The number of halogens is 2. The molecule has 0 fully saturated rings. The molecule has 4 heteroatoms. The highest BCUT2D eigenvalue weighted by atomic mass is 79.9. The van der Waals surface area contributed by atoms with Gasteiger partial charge in [0.1, 0.15) is 6.61 Å². The molecule has 0 radical (unpaired) electrons. The summed E-state index contributed by atoms with van der Waals surface area (Å²) >= 11 is 9.00. The van der Waals surface area contributed by atoms with Crippen LogP contribution in [0.5, 0.6) is 5.06 Å². The van der Waals surface area contributed by atoms with Gasteiger partial charge in [0.25, 0.3) is 0 Å². The Morgan fingerprint density at radius 2 is 2.00 bits per heavy atom. The Hall–Kier alpha value is 0.460. The normalized spacial score (nSPS) is 14.7. The van der Waals surface area contributed by atoms with Gasteiger partial charge in [-0.05, 0) is 36.8 Å². The molecule has 2 unspecified atom stereocenters. The van der Waals surface area contributed by atoms with Crippen molar-refractivity contribution in [2.45, 2.75) is 42.3 Å². The molecule has 1 nitrogen and oxygen atoms in total. The molecular formula is C12H18Br2OS. The average Bonchev–Trinajstić information content (AvgIpc) is 2.77. The Labute approximate surface area is 119 Å². The first-order valence-electron chi connectivity index (χ1n) is 5.66. The number of rotatable bonds is 8. The molecule has 0 aliphatic carbocycles. The van der Waals surface area contributed by atoms with Crippen LogP contribution >= 0.6 is 43.2 Å². The third kappa shape index (κ3) is 6.26. The molecule has 0 aliphatic heterocycles. The van der Waals surface area contributed by atoms with Gasteiger partial charge in [0.15, 0.2) is 5.06 Å². The van der Waals surface area contributed by atoms with Gasteiger partial charge in [-0.15, -0.1) is 11.3 Å². The minimum Gasteiger partial charge on any atom is -0.483 e. The Kier molecular flexibility index (Phi) is 7.75. The molecule has 0 N–H and O–H groups in total. The standard InChI is InChI=1S/C12H18Br2OS/c1-2-4-10(13)6-7-11(14)9-15-12-5-3-8-16-12/h3,5,8,10-11H,2,4,6-7,9H2,1H3. The van der Waals surface area contributed by atoms with E-state index in [2.05, 4.69) is 38.8 Å². The van der Waals surface area contributed by atoms with E-state index in [0.717, 1.165) is 18.1 Å². The van der Waals surface area contributed by atoms with Gasteiger partial charge in [-0.2, -0.15) is 0 Å². The van der Waals surface area contributed by atoms with E-state index >= 15 is 0 Å². The van der Waals surface area contributed by atoms with Crippen molar-refractivity contribution < 1.29 is 4.74 Å².